The van der Waals surface area contributed by atoms with E-state index in [-0.39, 0.29) is 0 Å². The summed E-state index contributed by atoms with van der Waals surface area (Å²) < 4.78 is 0.908. The van der Waals surface area contributed by atoms with Crippen molar-refractivity contribution >= 4 is 33.3 Å². The van der Waals surface area contributed by atoms with E-state index in [1.54, 1.807) is 6.20 Å². The third-order valence-electron chi connectivity index (χ3n) is 2.95. The minimum Gasteiger partial charge on any atom is -0.369 e. The number of nitrogens with one attached hydrogen (secondary N) is 1. The molecule has 0 aromatic carbocycles. The molecule has 94 valence electrons. The van der Waals surface area contributed by atoms with Crippen LogP contribution in [0, 0.1) is 0 Å². The number of halogens is 2. The molecule has 0 spiro atoms. The van der Waals surface area contributed by atoms with Crippen LogP contribution >= 0.6 is 27.5 Å². The third-order valence-corrected chi connectivity index (χ3v) is 3.67. The van der Waals surface area contributed by atoms with Crippen LogP contribution in [0.2, 0.25) is 5.02 Å². The molecule has 1 aromatic rings. The lowest BCUT2D eigenvalue weighted by atomic mass is 10.3. The lowest BCUT2D eigenvalue weighted by molar-refractivity contribution is 0.337. The molecule has 3 nitrogen and oxygen atoms in total. The summed E-state index contributed by atoms with van der Waals surface area (Å²) in [5.74, 6) is 0.774. The van der Waals surface area contributed by atoms with Gasteiger partial charge in [0.2, 0.25) is 0 Å². The molecule has 0 unspecified atom stereocenters. The Morgan fingerprint density at radius 3 is 2.88 bits per heavy atom. The molecule has 1 aromatic heterocycles. The first-order chi connectivity index (χ1) is 8.25. The zero-order valence-corrected chi connectivity index (χ0v) is 12.1. The molecule has 0 atom stereocenters. The largest absolute Gasteiger partial charge is 0.369 e. The summed E-state index contributed by atoms with van der Waals surface area (Å²) in [6.45, 7) is 4.61. The van der Waals surface area contributed by atoms with Crippen molar-refractivity contribution < 1.29 is 0 Å². The Hall–Kier alpha value is -0.320. The van der Waals surface area contributed by atoms with E-state index in [4.69, 9.17) is 11.6 Å². The zero-order chi connectivity index (χ0) is 12.1. The van der Waals surface area contributed by atoms with Crippen molar-refractivity contribution in [1.29, 1.82) is 0 Å². The van der Waals surface area contributed by atoms with Gasteiger partial charge in [-0.05, 0) is 60.9 Å². The Labute approximate surface area is 116 Å². The lowest BCUT2D eigenvalue weighted by Crippen LogP contribution is -2.22. The summed E-state index contributed by atoms with van der Waals surface area (Å²) in [6.07, 6.45) is 5.60. The first kappa shape index (κ1) is 13.1. The number of pyridine rings is 1. The highest BCUT2D eigenvalue weighted by Gasteiger charge is 2.10. The first-order valence-corrected chi connectivity index (χ1v) is 7.20. The van der Waals surface area contributed by atoms with Gasteiger partial charge in [-0.1, -0.05) is 11.6 Å². The van der Waals surface area contributed by atoms with Crippen LogP contribution in [-0.4, -0.2) is 36.1 Å². The molecular weight excluding hydrogens is 302 g/mol. The second-order valence-electron chi connectivity index (χ2n) is 4.31. The van der Waals surface area contributed by atoms with E-state index in [2.05, 4.69) is 31.1 Å². The van der Waals surface area contributed by atoms with Crippen molar-refractivity contribution in [2.75, 3.05) is 31.5 Å². The monoisotopic (exact) mass is 317 g/mol. The van der Waals surface area contributed by atoms with Crippen LogP contribution in [0.15, 0.2) is 16.7 Å². The average Bonchev–Trinajstić information content (AvgIpc) is 2.79. The van der Waals surface area contributed by atoms with Crippen LogP contribution in [0.4, 0.5) is 5.82 Å². The van der Waals surface area contributed by atoms with E-state index in [0.29, 0.717) is 5.02 Å². The number of likely N-dealkylation sites (tertiary alicyclic amines) is 1. The van der Waals surface area contributed by atoms with Crippen molar-refractivity contribution in [1.82, 2.24) is 9.88 Å². The molecule has 1 saturated heterocycles. The lowest BCUT2D eigenvalue weighted by Gasteiger charge is -2.14. The number of hydrogen-bond acceptors (Lipinski definition) is 3. The second-order valence-corrected chi connectivity index (χ2v) is 5.64. The van der Waals surface area contributed by atoms with E-state index < -0.39 is 0 Å². The van der Waals surface area contributed by atoms with Gasteiger partial charge in [-0.2, -0.15) is 0 Å². The van der Waals surface area contributed by atoms with Crippen molar-refractivity contribution in [2.24, 2.45) is 0 Å². The molecule has 0 bridgehead atoms. The van der Waals surface area contributed by atoms with Crippen LogP contribution in [0.5, 0.6) is 0 Å². The number of nitrogens with zero attached hydrogens (tertiary/aromatic N) is 2. The fraction of sp³-hybridized carbons (Fsp3) is 0.583. The van der Waals surface area contributed by atoms with Crippen molar-refractivity contribution in [3.8, 4) is 0 Å². The molecule has 2 heterocycles. The molecule has 0 amide bonds. The number of anilines is 1. The van der Waals surface area contributed by atoms with E-state index in [0.717, 1.165) is 23.3 Å². The molecule has 1 aliphatic rings. The molecule has 5 heteroatoms. The SMILES string of the molecule is Clc1cc(Br)cnc1NCCCN1CCCC1. The van der Waals surface area contributed by atoms with E-state index in [1.807, 2.05) is 6.07 Å². The number of rotatable bonds is 5. The maximum absolute atomic E-state index is 6.07. The van der Waals surface area contributed by atoms with Gasteiger partial charge in [0.25, 0.3) is 0 Å². The van der Waals surface area contributed by atoms with Crippen molar-refractivity contribution in [3.63, 3.8) is 0 Å². The highest BCUT2D eigenvalue weighted by molar-refractivity contribution is 9.10. The topological polar surface area (TPSA) is 28.2 Å². The molecule has 2 rings (SSSR count). The van der Waals surface area contributed by atoms with Crippen molar-refractivity contribution in [3.05, 3.63) is 21.8 Å². The van der Waals surface area contributed by atoms with Gasteiger partial charge in [-0.3, -0.25) is 0 Å². The van der Waals surface area contributed by atoms with Crippen LogP contribution in [0.25, 0.3) is 0 Å². The van der Waals surface area contributed by atoms with Gasteiger partial charge >= 0.3 is 0 Å². The predicted molar refractivity (Wildman–Crippen MR) is 75.7 cm³/mol. The summed E-state index contributed by atoms with van der Waals surface area (Å²) in [4.78, 5) is 6.76. The quantitative estimate of drug-likeness (QED) is 0.844. The summed E-state index contributed by atoms with van der Waals surface area (Å²) in [5.41, 5.74) is 0. The Bertz CT molecular complexity index is 367. The maximum atomic E-state index is 6.07. The summed E-state index contributed by atoms with van der Waals surface area (Å²) >= 11 is 9.41. The van der Waals surface area contributed by atoms with Crippen molar-refractivity contribution in [2.45, 2.75) is 19.3 Å². The average molecular weight is 319 g/mol. The fourth-order valence-electron chi connectivity index (χ4n) is 2.06. The Morgan fingerprint density at radius 2 is 2.18 bits per heavy atom. The fourth-order valence-corrected chi connectivity index (χ4v) is 2.76. The van der Waals surface area contributed by atoms with Gasteiger partial charge in [0, 0.05) is 17.2 Å². The van der Waals surface area contributed by atoms with E-state index in [9.17, 15) is 0 Å². The second kappa shape index (κ2) is 6.57. The minimum absolute atomic E-state index is 0.667. The predicted octanol–water partition coefficient (Wildman–Crippen LogP) is 3.40. The van der Waals surface area contributed by atoms with Crippen LogP contribution in [-0.2, 0) is 0 Å². The zero-order valence-electron chi connectivity index (χ0n) is 9.75. The maximum Gasteiger partial charge on any atom is 0.144 e. The smallest absolute Gasteiger partial charge is 0.144 e. The highest BCUT2D eigenvalue weighted by atomic mass is 79.9. The van der Waals surface area contributed by atoms with Gasteiger partial charge < -0.3 is 10.2 Å². The Morgan fingerprint density at radius 1 is 1.41 bits per heavy atom. The van der Waals surface area contributed by atoms with E-state index >= 15 is 0 Å². The van der Waals surface area contributed by atoms with Gasteiger partial charge in [-0.25, -0.2) is 4.98 Å². The van der Waals surface area contributed by atoms with E-state index in [1.165, 1.54) is 32.5 Å². The van der Waals surface area contributed by atoms with Gasteiger partial charge in [-0.15, -0.1) is 0 Å². The van der Waals surface area contributed by atoms with Gasteiger partial charge in [0.15, 0.2) is 0 Å². The number of aromatic nitrogens is 1. The van der Waals surface area contributed by atoms with Crippen LogP contribution in [0.1, 0.15) is 19.3 Å². The molecule has 0 saturated carbocycles. The normalized spacial score (nSPS) is 16.4. The molecule has 0 aliphatic carbocycles. The highest BCUT2D eigenvalue weighted by Crippen LogP contribution is 2.22. The molecule has 0 radical (unpaired) electrons. The number of hydrogen-bond donors (Lipinski definition) is 1. The molecule has 17 heavy (non-hydrogen) atoms. The summed E-state index contributed by atoms with van der Waals surface area (Å²) in [7, 11) is 0. The molecule has 1 aliphatic heterocycles. The standard InChI is InChI=1S/C12H17BrClN3/c13-10-8-11(14)12(16-9-10)15-4-3-7-17-5-1-2-6-17/h8-9H,1-7H2,(H,15,16). The van der Waals surface area contributed by atoms with Crippen LogP contribution < -0.4 is 5.32 Å². The molecular formula is C12H17BrClN3. The summed E-state index contributed by atoms with van der Waals surface area (Å²) in [6, 6.07) is 1.86. The Balaban J connectivity index is 1.70. The Kier molecular flexibility index (Phi) is 5.07. The van der Waals surface area contributed by atoms with Gasteiger partial charge in [0.05, 0.1) is 5.02 Å². The van der Waals surface area contributed by atoms with Gasteiger partial charge in [0.1, 0.15) is 5.82 Å². The van der Waals surface area contributed by atoms with Crippen LogP contribution in [0.3, 0.4) is 0 Å². The minimum atomic E-state index is 0.667. The first-order valence-electron chi connectivity index (χ1n) is 6.03. The molecule has 1 fully saturated rings. The third kappa shape index (κ3) is 4.12. The summed E-state index contributed by atoms with van der Waals surface area (Å²) in [5, 5.41) is 3.94. The molecule has 1 N–H and O–H groups in total.